The van der Waals surface area contributed by atoms with Gasteiger partial charge in [0.25, 0.3) is 0 Å². The SMILES string of the molecule is COC(=O)C1=CNC2OC[C@]3(O)C=CC1C23. The van der Waals surface area contributed by atoms with Gasteiger partial charge in [0.15, 0.2) is 0 Å². The maximum absolute atomic E-state index is 11.6. The lowest BCUT2D eigenvalue weighted by Gasteiger charge is -2.32. The normalized spacial score (nSPS) is 43.6. The van der Waals surface area contributed by atoms with E-state index in [0.29, 0.717) is 5.57 Å². The van der Waals surface area contributed by atoms with Gasteiger partial charge in [0.05, 0.1) is 19.3 Å². The minimum atomic E-state index is -0.949. The predicted octanol–water partition coefficient (Wildman–Crippen LogP) is -0.464. The fourth-order valence-corrected chi connectivity index (χ4v) is 2.76. The van der Waals surface area contributed by atoms with E-state index in [2.05, 4.69) is 5.32 Å². The molecule has 3 rings (SSSR count). The van der Waals surface area contributed by atoms with E-state index in [1.165, 1.54) is 7.11 Å². The lowest BCUT2D eigenvalue weighted by molar-refractivity contribution is -0.137. The highest BCUT2D eigenvalue weighted by Gasteiger charge is 2.56. The highest BCUT2D eigenvalue weighted by molar-refractivity contribution is 5.89. The summed E-state index contributed by atoms with van der Waals surface area (Å²) in [4.78, 5) is 11.6. The Hall–Kier alpha value is -1.33. The molecule has 3 unspecified atom stereocenters. The number of carbonyl (C=O) groups is 1. The van der Waals surface area contributed by atoms with E-state index in [0.717, 1.165) is 0 Å². The summed E-state index contributed by atoms with van der Waals surface area (Å²) >= 11 is 0. The molecule has 1 fully saturated rings. The first-order chi connectivity index (χ1) is 7.65. The first kappa shape index (κ1) is 9.86. The highest BCUT2D eigenvalue weighted by Crippen LogP contribution is 2.47. The molecule has 0 saturated carbocycles. The summed E-state index contributed by atoms with van der Waals surface area (Å²) in [6, 6.07) is 0. The van der Waals surface area contributed by atoms with Crippen LogP contribution in [0, 0.1) is 11.8 Å². The minimum absolute atomic E-state index is 0.119. The monoisotopic (exact) mass is 223 g/mol. The molecule has 0 spiro atoms. The molecule has 2 N–H and O–H groups in total. The second-order valence-electron chi connectivity index (χ2n) is 4.39. The van der Waals surface area contributed by atoms with Crippen molar-refractivity contribution in [1.82, 2.24) is 5.32 Å². The van der Waals surface area contributed by atoms with E-state index in [4.69, 9.17) is 9.47 Å². The van der Waals surface area contributed by atoms with Gasteiger partial charge < -0.3 is 19.9 Å². The molecular weight excluding hydrogens is 210 g/mol. The van der Waals surface area contributed by atoms with Crippen molar-refractivity contribution in [3.8, 4) is 0 Å². The molecule has 5 nitrogen and oxygen atoms in total. The van der Waals surface area contributed by atoms with Crippen LogP contribution in [0.25, 0.3) is 0 Å². The number of carbonyl (C=O) groups excluding carboxylic acids is 1. The standard InChI is InChI=1S/C11H13NO4/c1-15-10(13)7-4-12-9-8-6(7)2-3-11(8,14)5-16-9/h2-4,6,8-9,12,14H,5H2,1H3/t6?,8?,9?,11-/m1/s1. The Labute approximate surface area is 92.7 Å². The van der Waals surface area contributed by atoms with Crippen LogP contribution in [0.5, 0.6) is 0 Å². The molecule has 16 heavy (non-hydrogen) atoms. The van der Waals surface area contributed by atoms with Gasteiger partial charge >= 0.3 is 5.97 Å². The fourth-order valence-electron chi connectivity index (χ4n) is 2.76. The second kappa shape index (κ2) is 3.09. The molecule has 1 saturated heterocycles. The zero-order valence-corrected chi connectivity index (χ0v) is 8.84. The van der Waals surface area contributed by atoms with E-state index in [9.17, 15) is 9.90 Å². The molecule has 0 aromatic rings. The number of rotatable bonds is 1. The van der Waals surface area contributed by atoms with Gasteiger partial charge in [-0.2, -0.15) is 0 Å². The number of esters is 1. The van der Waals surface area contributed by atoms with E-state index in [1.54, 1.807) is 12.3 Å². The number of allylic oxidation sites excluding steroid dienone is 1. The van der Waals surface area contributed by atoms with Crippen LogP contribution < -0.4 is 5.32 Å². The van der Waals surface area contributed by atoms with Gasteiger partial charge in [-0.3, -0.25) is 0 Å². The average Bonchev–Trinajstić information content (AvgIpc) is 2.81. The molecule has 4 atom stereocenters. The topological polar surface area (TPSA) is 67.8 Å². The zero-order chi connectivity index (χ0) is 11.3. The summed E-state index contributed by atoms with van der Waals surface area (Å²) in [5.74, 6) is -0.616. The largest absolute Gasteiger partial charge is 0.466 e. The van der Waals surface area contributed by atoms with E-state index in [1.807, 2.05) is 6.08 Å². The van der Waals surface area contributed by atoms with Gasteiger partial charge in [0.2, 0.25) is 0 Å². The maximum Gasteiger partial charge on any atom is 0.335 e. The Morgan fingerprint density at radius 3 is 3.31 bits per heavy atom. The Morgan fingerprint density at radius 1 is 1.75 bits per heavy atom. The number of aliphatic hydroxyl groups is 1. The molecule has 0 aromatic carbocycles. The summed E-state index contributed by atoms with van der Waals surface area (Å²) in [7, 11) is 1.35. The molecule has 1 aliphatic carbocycles. The minimum Gasteiger partial charge on any atom is -0.466 e. The van der Waals surface area contributed by atoms with Gasteiger partial charge in [-0.05, 0) is 0 Å². The average molecular weight is 223 g/mol. The molecule has 0 aromatic heterocycles. The third-order valence-corrected chi connectivity index (χ3v) is 3.56. The highest BCUT2D eigenvalue weighted by atomic mass is 16.5. The van der Waals surface area contributed by atoms with E-state index < -0.39 is 5.60 Å². The summed E-state index contributed by atoms with van der Waals surface area (Å²) in [5.41, 5.74) is -0.406. The molecule has 0 radical (unpaired) electrons. The zero-order valence-electron chi connectivity index (χ0n) is 8.84. The third-order valence-electron chi connectivity index (χ3n) is 3.56. The Bertz CT molecular complexity index is 403. The van der Waals surface area contributed by atoms with Crippen LogP contribution in [-0.2, 0) is 14.3 Å². The number of hydrogen-bond donors (Lipinski definition) is 2. The lowest BCUT2D eigenvalue weighted by Crippen LogP contribution is -2.46. The van der Waals surface area contributed by atoms with Crippen molar-refractivity contribution in [3.63, 3.8) is 0 Å². The maximum atomic E-state index is 11.6. The summed E-state index contributed by atoms with van der Waals surface area (Å²) in [5, 5.41) is 13.3. The quantitative estimate of drug-likeness (QED) is 0.465. The van der Waals surface area contributed by atoms with Gasteiger partial charge in [0.1, 0.15) is 11.8 Å². The van der Waals surface area contributed by atoms with Crippen molar-refractivity contribution in [2.24, 2.45) is 11.8 Å². The second-order valence-corrected chi connectivity index (χ2v) is 4.39. The van der Waals surface area contributed by atoms with Crippen molar-refractivity contribution in [3.05, 3.63) is 23.9 Å². The number of nitrogens with one attached hydrogen (secondary N) is 1. The molecule has 0 amide bonds. The van der Waals surface area contributed by atoms with Crippen molar-refractivity contribution < 1.29 is 19.4 Å². The van der Waals surface area contributed by atoms with Gasteiger partial charge in [-0.25, -0.2) is 4.79 Å². The Kier molecular flexibility index (Phi) is 1.90. The van der Waals surface area contributed by atoms with Crippen LogP contribution in [-0.4, -0.2) is 36.6 Å². The van der Waals surface area contributed by atoms with Crippen molar-refractivity contribution >= 4 is 5.97 Å². The summed E-state index contributed by atoms with van der Waals surface area (Å²) < 4.78 is 10.2. The van der Waals surface area contributed by atoms with Gasteiger partial charge in [-0.1, -0.05) is 12.2 Å². The Morgan fingerprint density at radius 2 is 2.56 bits per heavy atom. The van der Waals surface area contributed by atoms with E-state index >= 15 is 0 Å². The van der Waals surface area contributed by atoms with Gasteiger partial charge in [-0.15, -0.1) is 0 Å². The van der Waals surface area contributed by atoms with Crippen molar-refractivity contribution in [2.45, 2.75) is 11.8 Å². The van der Waals surface area contributed by atoms with Crippen LogP contribution in [0.1, 0.15) is 0 Å². The molecule has 2 aliphatic heterocycles. The summed E-state index contributed by atoms with van der Waals surface area (Å²) in [6.07, 6.45) is 4.99. The molecule has 5 heteroatoms. The smallest absolute Gasteiger partial charge is 0.335 e. The third kappa shape index (κ3) is 1.10. The first-order valence-electron chi connectivity index (χ1n) is 5.23. The van der Waals surface area contributed by atoms with Gasteiger partial charge in [0, 0.05) is 18.0 Å². The van der Waals surface area contributed by atoms with Crippen LogP contribution in [0.4, 0.5) is 0 Å². The Balaban J connectivity index is 1.98. The molecule has 2 heterocycles. The molecule has 86 valence electrons. The van der Waals surface area contributed by atoms with Crippen LogP contribution >= 0.6 is 0 Å². The molecule has 0 bridgehead atoms. The fraction of sp³-hybridized carbons (Fsp3) is 0.545. The van der Waals surface area contributed by atoms with Crippen LogP contribution in [0.15, 0.2) is 23.9 Å². The number of methoxy groups -OCH3 is 1. The predicted molar refractivity (Wildman–Crippen MR) is 54.0 cm³/mol. The molecular formula is C11H13NO4. The summed E-state index contributed by atoms with van der Waals surface area (Å²) in [6.45, 7) is 0.268. The lowest BCUT2D eigenvalue weighted by atomic mass is 9.80. The van der Waals surface area contributed by atoms with Crippen molar-refractivity contribution in [1.29, 1.82) is 0 Å². The van der Waals surface area contributed by atoms with Crippen molar-refractivity contribution in [2.75, 3.05) is 13.7 Å². The van der Waals surface area contributed by atoms with Crippen LogP contribution in [0.2, 0.25) is 0 Å². The van der Waals surface area contributed by atoms with E-state index in [-0.39, 0.29) is 30.6 Å². The van der Waals surface area contributed by atoms with Crippen LogP contribution in [0.3, 0.4) is 0 Å². The number of hydrogen-bond acceptors (Lipinski definition) is 5. The molecule has 3 aliphatic rings. The first-order valence-corrected chi connectivity index (χ1v) is 5.23. The number of ether oxygens (including phenoxy) is 2.